The van der Waals surface area contributed by atoms with Gasteiger partial charge in [0.15, 0.2) is 5.96 Å². The number of hydrogen-bond acceptors (Lipinski definition) is 4. The Kier molecular flexibility index (Phi) is 6.51. The maximum absolute atomic E-state index is 5.96. The highest BCUT2D eigenvalue weighted by atomic mass is 35.5. The molecule has 1 saturated heterocycles. The summed E-state index contributed by atoms with van der Waals surface area (Å²) in [6, 6.07) is 8.13. The second-order valence-corrected chi connectivity index (χ2v) is 8.26. The second kappa shape index (κ2) is 8.84. The predicted octanol–water partition coefficient (Wildman–Crippen LogP) is 3.31. The van der Waals surface area contributed by atoms with Crippen LogP contribution in [0.3, 0.4) is 0 Å². The Morgan fingerprint density at radius 3 is 2.46 bits per heavy atom. The molecule has 1 aromatic heterocycles. The zero-order valence-corrected chi connectivity index (χ0v) is 17.2. The van der Waals surface area contributed by atoms with Gasteiger partial charge in [-0.05, 0) is 31.5 Å². The number of benzene rings is 1. The molecule has 1 fully saturated rings. The summed E-state index contributed by atoms with van der Waals surface area (Å²) in [5, 5.41) is 5.36. The van der Waals surface area contributed by atoms with Gasteiger partial charge in [-0.25, -0.2) is 4.98 Å². The number of thiazole rings is 1. The number of hydrogen-bond donors (Lipinski definition) is 1. The quantitative estimate of drug-likeness (QED) is 0.641. The highest BCUT2D eigenvalue weighted by molar-refractivity contribution is 7.11. The number of halogens is 1. The molecule has 3 rings (SSSR count). The normalized spacial score (nSPS) is 16.2. The first-order chi connectivity index (χ1) is 12.5. The third-order valence-corrected chi connectivity index (χ3v) is 6.00. The molecule has 0 spiro atoms. The Balaban J connectivity index is 1.48. The van der Waals surface area contributed by atoms with Crippen molar-refractivity contribution in [2.75, 3.05) is 33.2 Å². The highest BCUT2D eigenvalue weighted by Gasteiger charge is 2.19. The standard InChI is InChI=1S/C19H26ClN5S/c1-14-15(2)26-18(23-14)12-22-19(21-3)25-10-8-24(9-11-25)13-16-4-6-17(20)7-5-16/h4-7H,8-13H2,1-3H3,(H,21,22). The number of aliphatic imine (C=N–C) groups is 1. The molecule has 2 heterocycles. The van der Waals surface area contributed by atoms with Crippen LogP contribution in [0.15, 0.2) is 29.3 Å². The van der Waals surface area contributed by atoms with Gasteiger partial charge < -0.3 is 10.2 Å². The molecular formula is C19H26ClN5S. The summed E-state index contributed by atoms with van der Waals surface area (Å²) in [6.45, 7) is 9.88. The number of piperazine rings is 1. The van der Waals surface area contributed by atoms with Gasteiger partial charge in [-0.15, -0.1) is 11.3 Å². The molecule has 5 nitrogen and oxygen atoms in total. The van der Waals surface area contributed by atoms with Crippen LogP contribution in [0.4, 0.5) is 0 Å². The zero-order chi connectivity index (χ0) is 18.5. The Labute approximate surface area is 164 Å². The van der Waals surface area contributed by atoms with Gasteiger partial charge in [0.2, 0.25) is 0 Å². The fourth-order valence-electron chi connectivity index (χ4n) is 3.07. The molecule has 0 bridgehead atoms. The van der Waals surface area contributed by atoms with Crippen LogP contribution in [0.5, 0.6) is 0 Å². The SMILES string of the molecule is CN=C(NCc1nc(C)c(C)s1)N1CCN(Cc2ccc(Cl)cc2)CC1. The van der Waals surface area contributed by atoms with E-state index in [2.05, 4.69) is 51.1 Å². The van der Waals surface area contributed by atoms with Crippen LogP contribution in [0, 0.1) is 13.8 Å². The molecule has 1 N–H and O–H groups in total. The fraction of sp³-hybridized carbons (Fsp3) is 0.474. The summed E-state index contributed by atoms with van der Waals surface area (Å²) < 4.78 is 0. The van der Waals surface area contributed by atoms with Gasteiger partial charge in [0.05, 0.1) is 12.2 Å². The van der Waals surface area contributed by atoms with Crippen molar-refractivity contribution in [3.05, 3.63) is 50.4 Å². The molecule has 0 radical (unpaired) electrons. The van der Waals surface area contributed by atoms with Crippen LogP contribution in [0.25, 0.3) is 0 Å². The summed E-state index contributed by atoms with van der Waals surface area (Å²) in [4.78, 5) is 15.1. The second-order valence-electron chi connectivity index (χ2n) is 6.54. The Morgan fingerprint density at radius 2 is 1.88 bits per heavy atom. The lowest BCUT2D eigenvalue weighted by Gasteiger charge is -2.36. The molecule has 1 aliphatic rings. The summed E-state index contributed by atoms with van der Waals surface area (Å²) in [5.41, 5.74) is 2.43. The summed E-state index contributed by atoms with van der Waals surface area (Å²) in [7, 11) is 1.85. The Morgan fingerprint density at radius 1 is 1.19 bits per heavy atom. The maximum Gasteiger partial charge on any atom is 0.194 e. The van der Waals surface area contributed by atoms with E-state index in [9.17, 15) is 0 Å². The number of nitrogens with one attached hydrogen (secondary N) is 1. The maximum atomic E-state index is 5.96. The van der Waals surface area contributed by atoms with E-state index in [1.807, 2.05) is 19.2 Å². The van der Waals surface area contributed by atoms with Crippen molar-refractivity contribution in [1.82, 2.24) is 20.1 Å². The molecule has 26 heavy (non-hydrogen) atoms. The van der Waals surface area contributed by atoms with E-state index in [0.717, 1.165) is 61.0 Å². The van der Waals surface area contributed by atoms with Gasteiger partial charge in [0.25, 0.3) is 0 Å². The van der Waals surface area contributed by atoms with Crippen molar-refractivity contribution in [2.24, 2.45) is 4.99 Å². The van der Waals surface area contributed by atoms with E-state index in [1.54, 1.807) is 11.3 Å². The first-order valence-corrected chi connectivity index (χ1v) is 10.1. The lowest BCUT2D eigenvalue weighted by Crippen LogP contribution is -2.52. The molecular weight excluding hydrogens is 366 g/mol. The van der Waals surface area contributed by atoms with Crippen molar-refractivity contribution in [1.29, 1.82) is 0 Å². The van der Waals surface area contributed by atoms with Crippen LogP contribution >= 0.6 is 22.9 Å². The van der Waals surface area contributed by atoms with Crippen molar-refractivity contribution in [3.8, 4) is 0 Å². The van der Waals surface area contributed by atoms with Gasteiger partial charge in [0, 0.05) is 49.7 Å². The van der Waals surface area contributed by atoms with Gasteiger partial charge in [-0.1, -0.05) is 23.7 Å². The average Bonchev–Trinajstić information content (AvgIpc) is 2.96. The van der Waals surface area contributed by atoms with Crippen LogP contribution < -0.4 is 5.32 Å². The van der Waals surface area contributed by atoms with E-state index in [4.69, 9.17) is 11.6 Å². The van der Waals surface area contributed by atoms with Gasteiger partial charge in [-0.2, -0.15) is 0 Å². The Bertz CT molecular complexity index is 728. The first-order valence-electron chi connectivity index (χ1n) is 8.90. The van der Waals surface area contributed by atoms with E-state index >= 15 is 0 Å². The van der Waals surface area contributed by atoms with Crippen molar-refractivity contribution < 1.29 is 0 Å². The predicted molar refractivity (Wildman–Crippen MR) is 110 cm³/mol. The molecule has 0 amide bonds. The van der Waals surface area contributed by atoms with Crippen molar-refractivity contribution in [3.63, 3.8) is 0 Å². The van der Waals surface area contributed by atoms with Gasteiger partial charge in [-0.3, -0.25) is 9.89 Å². The smallest absolute Gasteiger partial charge is 0.194 e. The minimum atomic E-state index is 0.733. The van der Waals surface area contributed by atoms with Gasteiger partial charge in [0.1, 0.15) is 5.01 Å². The Hall–Kier alpha value is -1.63. The van der Waals surface area contributed by atoms with Crippen LogP contribution in [0.2, 0.25) is 5.02 Å². The van der Waals surface area contributed by atoms with Crippen molar-refractivity contribution in [2.45, 2.75) is 26.9 Å². The fourth-order valence-corrected chi connectivity index (χ4v) is 4.07. The van der Waals surface area contributed by atoms with Crippen LogP contribution in [-0.4, -0.2) is 54.0 Å². The minimum Gasteiger partial charge on any atom is -0.350 e. The molecule has 0 unspecified atom stereocenters. The summed E-state index contributed by atoms with van der Waals surface area (Å²) in [5.74, 6) is 0.960. The zero-order valence-electron chi connectivity index (χ0n) is 15.6. The molecule has 0 atom stereocenters. The monoisotopic (exact) mass is 391 g/mol. The first kappa shape index (κ1) is 19.1. The third-order valence-electron chi connectivity index (χ3n) is 4.67. The third kappa shape index (κ3) is 4.96. The number of guanidine groups is 1. The van der Waals surface area contributed by atoms with E-state index in [0.29, 0.717) is 0 Å². The highest BCUT2D eigenvalue weighted by Crippen LogP contribution is 2.16. The van der Waals surface area contributed by atoms with E-state index < -0.39 is 0 Å². The molecule has 0 saturated carbocycles. The molecule has 140 valence electrons. The van der Waals surface area contributed by atoms with E-state index in [-0.39, 0.29) is 0 Å². The van der Waals surface area contributed by atoms with E-state index in [1.165, 1.54) is 10.4 Å². The summed E-state index contributed by atoms with van der Waals surface area (Å²) >= 11 is 7.72. The largest absolute Gasteiger partial charge is 0.350 e. The van der Waals surface area contributed by atoms with Crippen molar-refractivity contribution >= 4 is 28.9 Å². The van der Waals surface area contributed by atoms with Gasteiger partial charge >= 0.3 is 0 Å². The van der Waals surface area contributed by atoms with Crippen LogP contribution in [-0.2, 0) is 13.1 Å². The molecule has 0 aliphatic carbocycles. The topological polar surface area (TPSA) is 43.8 Å². The number of aryl methyl sites for hydroxylation is 2. The molecule has 7 heteroatoms. The van der Waals surface area contributed by atoms with Crippen LogP contribution in [0.1, 0.15) is 21.1 Å². The number of rotatable bonds is 4. The molecule has 2 aromatic rings. The average molecular weight is 392 g/mol. The molecule has 1 aliphatic heterocycles. The number of aromatic nitrogens is 1. The minimum absolute atomic E-state index is 0.733. The summed E-state index contributed by atoms with van der Waals surface area (Å²) in [6.07, 6.45) is 0. The molecule has 1 aromatic carbocycles. The lowest BCUT2D eigenvalue weighted by molar-refractivity contribution is 0.172. The lowest BCUT2D eigenvalue weighted by atomic mass is 10.2. The number of nitrogens with zero attached hydrogens (tertiary/aromatic N) is 4.